The Labute approximate surface area is 94.0 Å². The number of anilines is 2. The van der Waals surface area contributed by atoms with Crippen LogP contribution in [0.5, 0.6) is 0 Å². The van der Waals surface area contributed by atoms with Crippen LogP contribution in [0.1, 0.15) is 0 Å². The number of rotatable bonds is 5. The summed E-state index contributed by atoms with van der Waals surface area (Å²) in [7, 11) is -0.169. The second-order valence-electron chi connectivity index (χ2n) is 3.92. The molecule has 81 valence electrons. The van der Waals surface area contributed by atoms with Gasteiger partial charge in [-0.05, 0) is 36.5 Å². The molecule has 0 bridgehead atoms. The molecule has 0 spiro atoms. The van der Waals surface area contributed by atoms with Gasteiger partial charge in [-0.1, -0.05) is 19.7 Å². The van der Waals surface area contributed by atoms with E-state index in [2.05, 4.69) is 24.6 Å². The maximum absolute atomic E-state index is 5.65. The molecule has 0 fully saturated rings. The number of nitrogens with zero attached hydrogens (tertiary/aromatic N) is 1. The van der Waals surface area contributed by atoms with E-state index < -0.39 is 0 Å². The van der Waals surface area contributed by atoms with Crippen LogP contribution in [0.2, 0.25) is 19.1 Å². The SMILES string of the molecule is C=CN(CC[Si](C)C)c1ccc(N)cc1. The molecule has 0 aliphatic heterocycles. The van der Waals surface area contributed by atoms with Crippen LogP contribution >= 0.6 is 0 Å². The predicted octanol–water partition coefficient (Wildman–Crippen LogP) is 2.97. The van der Waals surface area contributed by atoms with Gasteiger partial charge in [0.25, 0.3) is 0 Å². The fraction of sp³-hybridized carbons (Fsp3) is 0.333. The van der Waals surface area contributed by atoms with Crippen LogP contribution in [0.25, 0.3) is 0 Å². The average molecular weight is 219 g/mol. The third-order valence-corrected chi connectivity index (χ3v) is 3.52. The van der Waals surface area contributed by atoms with Crippen molar-refractivity contribution in [1.82, 2.24) is 0 Å². The monoisotopic (exact) mass is 219 g/mol. The summed E-state index contributed by atoms with van der Waals surface area (Å²) >= 11 is 0. The molecule has 0 unspecified atom stereocenters. The molecule has 2 nitrogen and oxygen atoms in total. The van der Waals surface area contributed by atoms with Crippen molar-refractivity contribution < 1.29 is 0 Å². The Kier molecular flexibility index (Phi) is 4.43. The molecule has 15 heavy (non-hydrogen) atoms. The van der Waals surface area contributed by atoms with E-state index in [-0.39, 0.29) is 8.80 Å². The van der Waals surface area contributed by atoms with Crippen LogP contribution in [0, 0.1) is 0 Å². The third kappa shape index (κ3) is 3.79. The van der Waals surface area contributed by atoms with E-state index in [1.165, 1.54) is 11.7 Å². The summed E-state index contributed by atoms with van der Waals surface area (Å²) in [5.74, 6) is 0. The molecular weight excluding hydrogens is 200 g/mol. The van der Waals surface area contributed by atoms with Gasteiger partial charge in [-0.3, -0.25) is 0 Å². The van der Waals surface area contributed by atoms with Gasteiger partial charge < -0.3 is 10.6 Å². The Morgan fingerprint density at radius 1 is 1.33 bits per heavy atom. The first-order valence-electron chi connectivity index (χ1n) is 5.17. The number of hydrogen-bond donors (Lipinski definition) is 1. The van der Waals surface area contributed by atoms with Crippen molar-refractivity contribution in [3.63, 3.8) is 0 Å². The lowest BCUT2D eigenvalue weighted by molar-refractivity contribution is 1.01. The molecule has 1 rings (SSSR count). The quantitative estimate of drug-likeness (QED) is 0.609. The zero-order chi connectivity index (χ0) is 11.3. The van der Waals surface area contributed by atoms with Gasteiger partial charge in [-0.25, -0.2) is 0 Å². The van der Waals surface area contributed by atoms with Gasteiger partial charge in [0.1, 0.15) is 0 Å². The van der Waals surface area contributed by atoms with Crippen LogP contribution in [0.4, 0.5) is 11.4 Å². The van der Waals surface area contributed by atoms with Crippen LogP contribution in [-0.4, -0.2) is 15.3 Å². The molecular formula is C12H19N2Si. The van der Waals surface area contributed by atoms with Crippen LogP contribution < -0.4 is 10.6 Å². The first kappa shape index (κ1) is 11.8. The van der Waals surface area contributed by atoms with Gasteiger partial charge in [0.2, 0.25) is 0 Å². The molecule has 1 aromatic carbocycles. The minimum atomic E-state index is -0.169. The lowest BCUT2D eigenvalue weighted by Gasteiger charge is -2.20. The first-order chi connectivity index (χ1) is 7.13. The summed E-state index contributed by atoms with van der Waals surface area (Å²) in [6.45, 7) is 9.55. The summed E-state index contributed by atoms with van der Waals surface area (Å²) in [6.07, 6.45) is 1.89. The maximum atomic E-state index is 5.65. The molecule has 0 aromatic heterocycles. The minimum Gasteiger partial charge on any atom is -0.399 e. The molecule has 0 aliphatic carbocycles. The van der Waals surface area contributed by atoms with Crippen molar-refractivity contribution in [3.05, 3.63) is 37.0 Å². The number of benzene rings is 1. The zero-order valence-corrected chi connectivity index (χ0v) is 10.5. The van der Waals surface area contributed by atoms with E-state index in [1.54, 1.807) is 0 Å². The van der Waals surface area contributed by atoms with E-state index in [0.717, 1.165) is 12.2 Å². The topological polar surface area (TPSA) is 29.3 Å². The molecule has 3 heteroatoms. The number of nitrogens with two attached hydrogens (primary N) is 1. The molecule has 0 atom stereocenters. The highest BCUT2D eigenvalue weighted by atomic mass is 28.3. The Balaban J connectivity index is 2.65. The number of nitrogen functional groups attached to an aromatic ring is 1. The molecule has 0 aliphatic rings. The fourth-order valence-corrected chi connectivity index (χ4v) is 2.02. The molecule has 1 radical (unpaired) electrons. The normalized spacial score (nSPS) is 10.3. The van der Waals surface area contributed by atoms with Gasteiger partial charge in [0.05, 0.1) is 0 Å². The summed E-state index contributed by atoms with van der Waals surface area (Å²) in [5, 5.41) is 0. The Morgan fingerprint density at radius 3 is 2.40 bits per heavy atom. The minimum absolute atomic E-state index is 0.169. The number of hydrogen-bond acceptors (Lipinski definition) is 2. The molecule has 0 saturated carbocycles. The zero-order valence-electron chi connectivity index (χ0n) is 9.53. The highest BCUT2D eigenvalue weighted by Crippen LogP contribution is 2.17. The highest BCUT2D eigenvalue weighted by molar-refractivity contribution is 6.55. The van der Waals surface area contributed by atoms with E-state index in [1.807, 2.05) is 30.5 Å². The van der Waals surface area contributed by atoms with Gasteiger partial charge in [0, 0.05) is 26.7 Å². The summed E-state index contributed by atoms with van der Waals surface area (Å²) in [5.41, 5.74) is 7.62. The summed E-state index contributed by atoms with van der Waals surface area (Å²) in [4.78, 5) is 2.18. The van der Waals surface area contributed by atoms with E-state index >= 15 is 0 Å². The predicted molar refractivity (Wildman–Crippen MR) is 70.7 cm³/mol. The lowest BCUT2D eigenvalue weighted by atomic mass is 10.2. The van der Waals surface area contributed by atoms with E-state index in [4.69, 9.17) is 5.73 Å². The highest BCUT2D eigenvalue weighted by Gasteiger charge is 2.04. The molecule has 0 amide bonds. The second kappa shape index (κ2) is 5.61. The summed E-state index contributed by atoms with van der Waals surface area (Å²) < 4.78 is 0. The summed E-state index contributed by atoms with van der Waals surface area (Å²) in [6, 6.07) is 9.19. The second-order valence-corrected chi connectivity index (χ2v) is 6.84. The van der Waals surface area contributed by atoms with Gasteiger partial charge in [0.15, 0.2) is 0 Å². The van der Waals surface area contributed by atoms with E-state index in [9.17, 15) is 0 Å². The Bertz CT molecular complexity index is 306. The Morgan fingerprint density at radius 2 is 1.93 bits per heavy atom. The van der Waals surface area contributed by atoms with Crippen molar-refractivity contribution in [2.45, 2.75) is 19.1 Å². The third-order valence-electron chi connectivity index (χ3n) is 2.30. The fourth-order valence-electron chi connectivity index (χ4n) is 1.34. The first-order valence-corrected chi connectivity index (χ1v) is 7.88. The average Bonchev–Trinajstić information content (AvgIpc) is 2.21. The standard InChI is InChI=1S/C12H19N2Si/c1-4-14(9-10-15(2)3)12-7-5-11(13)6-8-12/h4-8H,1,9-10,13H2,2-3H3. The van der Waals surface area contributed by atoms with Crippen LogP contribution in [0.15, 0.2) is 37.0 Å². The largest absolute Gasteiger partial charge is 0.399 e. The van der Waals surface area contributed by atoms with Gasteiger partial charge in [-0.15, -0.1) is 0 Å². The Hall–Kier alpha value is -1.22. The lowest BCUT2D eigenvalue weighted by Crippen LogP contribution is -2.20. The maximum Gasteiger partial charge on any atom is 0.0431 e. The van der Waals surface area contributed by atoms with Crippen LogP contribution in [-0.2, 0) is 0 Å². The van der Waals surface area contributed by atoms with Gasteiger partial charge >= 0.3 is 0 Å². The van der Waals surface area contributed by atoms with E-state index in [0.29, 0.717) is 0 Å². The van der Waals surface area contributed by atoms with Crippen molar-refractivity contribution >= 4 is 20.2 Å². The van der Waals surface area contributed by atoms with Crippen molar-refractivity contribution in [3.8, 4) is 0 Å². The van der Waals surface area contributed by atoms with Crippen molar-refractivity contribution in [2.75, 3.05) is 17.2 Å². The van der Waals surface area contributed by atoms with Crippen LogP contribution in [0.3, 0.4) is 0 Å². The smallest absolute Gasteiger partial charge is 0.0431 e. The van der Waals surface area contributed by atoms with Gasteiger partial charge in [-0.2, -0.15) is 0 Å². The molecule has 2 N–H and O–H groups in total. The molecule has 1 aromatic rings. The molecule has 0 saturated heterocycles. The van der Waals surface area contributed by atoms with Crippen molar-refractivity contribution in [1.29, 1.82) is 0 Å². The van der Waals surface area contributed by atoms with Crippen molar-refractivity contribution in [2.24, 2.45) is 0 Å². The molecule has 0 heterocycles.